The summed E-state index contributed by atoms with van der Waals surface area (Å²) in [6.07, 6.45) is 1.60. The summed E-state index contributed by atoms with van der Waals surface area (Å²) in [5.41, 5.74) is 0.0830. The van der Waals surface area contributed by atoms with E-state index < -0.39 is 17.3 Å². The number of piperidine rings is 1. The first kappa shape index (κ1) is 27.9. The predicted molar refractivity (Wildman–Crippen MR) is 146 cm³/mol. The number of ether oxygens (including phenoxy) is 1. The van der Waals surface area contributed by atoms with E-state index in [2.05, 4.69) is 6.07 Å². The van der Waals surface area contributed by atoms with Gasteiger partial charge in [0.1, 0.15) is 5.41 Å². The van der Waals surface area contributed by atoms with E-state index in [0.717, 1.165) is 5.56 Å². The van der Waals surface area contributed by atoms with Crippen molar-refractivity contribution in [3.63, 3.8) is 0 Å². The zero-order valence-electron chi connectivity index (χ0n) is 22.4. The summed E-state index contributed by atoms with van der Waals surface area (Å²) in [7, 11) is 0. The zero-order valence-corrected chi connectivity index (χ0v) is 23.1. The van der Waals surface area contributed by atoms with Crippen LogP contribution in [0, 0.1) is 28.5 Å². The van der Waals surface area contributed by atoms with Gasteiger partial charge in [0.15, 0.2) is 11.6 Å². The van der Waals surface area contributed by atoms with E-state index in [0.29, 0.717) is 63.4 Å². The lowest BCUT2D eigenvalue weighted by Crippen LogP contribution is -2.47. The maximum Gasteiger partial charge on any atom is 0.415 e. The molecule has 2 atom stereocenters. The van der Waals surface area contributed by atoms with E-state index >= 15 is 0 Å². The van der Waals surface area contributed by atoms with Crippen LogP contribution >= 0.6 is 11.6 Å². The molecule has 2 aromatic rings. The van der Waals surface area contributed by atoms with E-state index in [-0.39, 0.29) is 35.4 Å². The van der Waals surface area contributed by atoms with Gasteiger partial charge in [-0.15, -0.1) is 0 Å². The summed E-state index contributed by atoms with van der Waals surface area (Å²) in [5, 5.41) is 9.97. The van der Waals surface area contributed by atoms with E-state index in [9.17, 15) is 24.0 Å². The molecule has 1 aliphatic carbocycles. The van der Waals surface area contributed by atoms with Crippen LogP contribution in [0.15, 0.2) is 48.5 Å². The molecule has 210 valence electrons. The first-order chi connectivity index (χ1) is 19.3. The second kappa shape index (κ2) is 11.5. The van der Waals surface area contributed by atoms with Crippen LogP contribution in [0.3, 0.4) is 0 Å². The molecule has 2 aromatic carbocycles. The fourth-order valence-corrected chi connectivity index (χ4v) is 6.01. The van der Waals surface area contributed by atoms with Crippen LogP contribution in [0.5, 0.6) is 5.75 Å². The number of likely N-dealkylation sites (tertiary alicyclic amines) is 2. The Morgan fingerprint density at radius 1 is 1.07 bits per heavy atom. The first-order valence-electron chi connectivity index (χ1n) is 13.7. The Morgan fingerprint density at radius 3 is 2.35 bits per heavy atom. The molecule has 0 radical (unpaired) electrons. The van der Waals surface area contributed by atoms with Crippen LogP contribution in [-0.2, 0) is 9.59 Å². The van der Waals surface area contributed by atoms with Gasteiger partial charge in [-0.25, -0.2) is 9.18 Å². The van der Waals surface area contributed by atoms with Crippen LogP contribution in [-0.4, -0.2) is 71.4 Å². The average Bonchev–Trinajstić information content (AvgIpc) is 3.66. The molecule has 40 heavy (non-hydrogen) atoms. The summed E-state index contributed by atoms with van der Waals surface area (Å²) in [4.78, 5) is 44.8. The van der Waals surface area contributed by atoms with Crippen molar-refractivity contribution in [2.75, 3.05) is 32.7 Å². The minimum Gasteiger partial charge on any atom is -0.407 e. The van der Waals surface area contributed by atoms with E-state index in [4.69, 9.17) is 16.3 Å². The first-order valence-corrected chi connectivity index (χ1v) is 14.1. The molecule has 2 saturated heterocycles. The molecule has 0 aromatic heterocycles. The van der Waals surface area contributed by atoms with Crippen molar-refractivity contribution in [1.29, 1.82) is 5.26 Å². The number of amides is 3. The zero-order chi connectivity index (χ0) is 28.4. The van der Waals surface area contributed by atoms with E-state index in [1.807, 2.05) is 19.1 Å². The number of carbonyl (C=O) groups is 3. The number of carbonyl (C=O) groups excluding carboxylic acids is 3. The normalized spacial score (nSPS) is 21.9. The monoisotopic (exact) mass is 566 g/mol. The van der Waals surface area contributed by atoms with Gasteiger partial charge >= 0.3 is 6.09 Å². The maximum atomic E-state index is 14.2. The highest BCUT2D eigenvalue weighted by molar-refractivity contribution is 6.30. The van der Waals surface area contributed by atoms with Gasteiger partial charge < -0.3 is 19.4 Å². The van der Waals surface area contributed by atoms with Crippen molar-refractivity contribution in [3.8, 4) is 11.8 Å². The van der Waals surface area contributed by atoms with Crippen molar-refractivity contribution in [3.05, 3.63) is 64.9 Å². The Morgan fingerprint density at radius 2 is 1.75 bits per heavy atom. The lowest BCUT2D eigenvalue weighted by atomic mass is 9.93. The highest BCUT2D eigenvalue weighted by Crippen LogP contribution is 2.47. The summed E-state index contributed by atoms with van der Waals surface area (Å²) in [5.74, 6) is -1.33. The van der Waals surface area contributed by atoms with E-state index in [1.54, 1.807) is 32.9 Å². The molecule has 5 rings (SSSR count). The molecule has 0 unspecified atom stereocenters. The van der Waals surface area contributed by atoms with Gasteiger partial charge in [0.05, 0.1) is 12.1 Å². The quantitative estimate of drug-likeness (QED) is 0.499. The van der Waals surface area contributed by atoms with Gasteiger partial charge in [-0.1, -0.05) is 35.9 Å². The summed E-state index contributed by atoms with van der Waals surface area (Å²) >= 11 is 6.13. The van der Waals surface area contributed by atoms with Crippen molar-refractivity contribution >= 4 is 29.5 Å². The van der Waals surface area contributed by atoms with Gasteiger partial charge in [0.25, 0.3) is 0 Å². The summed E-state index contributed by atoms with van der Waals surface area (Å²) in [6, 6.07) is 14.9. The smallest absolute Gasteiger partial charge is 0.407 e. The molecule has 3 amide bonds. The maximum absolute atomic E-state index is 14.2. The number of nitriles is 1. The molecule has 10 heteroatoms. The Kier molecular flexibility index (Phi) is 7.99. The third-order valence-corrected chi connectivity index (χ3v) is 8.67. The molecule has 1 saturated carbocycles. The molecule has 0 bridgehead atoms. The number of halogens is 2. The van der Waals surface area contributed by atoms with Crippen LogP contribution < -0.4 is 4.74 Å². The van der Waals surface area contributed by atoms with Gasteiger partial charge in [-0.3, -0.25) is 9.59 Å². The summed E-state index contributed by atoms with van der Waals surface area (Å²) < 4.78 is 19.6. The molecule has 0 N–H and O–H groups in total. The van der Waals surface area contributed by atoms with Gasteiger partial charge in [-0.05, 0) is 62.4 Å². The fourth-order valence-electron chi connectivity index (χ4n) is 5.89. The number of likely N-dealkylation sites (N-methyl/N-ethyl adjacent to an activating group) is 1. The second-order valence-electron chi connectivity index (χ2n) is 10.8. The number of hydrogen-bond acceptors (Lipinski definition) is 5. The van der Waals surface area contributed by atoms with Gasteiger partial charge in [-0.2, -0.15) is 5.26 Å². The third kappa shape index (κ3) is 5.50. The Labute approximate surface area is 238 Å². The van der Waals surface area contributed by atoms with Crippen molar-refractivity contribution in [2.45, 2.75) is 44.6 Å². The SMILES string of the molecule is CCN(C(=O)Oc1ccccc1F)[C@@H]1CN(C(=O)C2CCN(C(=O)C3(C#N)CC3)CC2)C[C@H]1c1ccc(Cl)cc1. The second-order valence-corrected chi connectivity index (χ2v) is 11.2. The van der Waals surface area contributed by atoms with Crippen molar-refractivity contribution < 1.29 is 23.5 Å². The van der Waals surface area contributed by atoms with Crippen molar-refractivity contribution in [2.24, 2.45) is 11.3 Å². The highest BCUT2D eigenvalue weighted by atomic mass is 35.5. The molecular weight excluding hydrogens is 535 g/mol. The van der Waals surface area contributed by atoms with Gasteiger partial charge in [0, 0.05) is 49.6 Å². The summed E-state index contributed by atoms with van der Waals surface area (Å²) in [6.45, 7) is 3.76. The molecular formula is C30H32ClFN4O4. The lowest BCUT2D eigenvalue weighted by Gasteiger charge is -2.34. The third-order valence-electron chi connectivity index (χ3n) is 8.41. The predicted octanol–water partition coefficient (Wildman–Crippen LogP) is 4.84. The highest BCUT2D eigenvalue weighted by Gasteiger charge is 2.53. The van der Waals surface area contributed by atoms with Crippen LogP contribution in [0.1, 0.15) is 44.1 Å². The minimum absolute atomic E-state index is 0.00601. The van der Waals surface area contributed by atoms with Gasteiger partial charge in [0.2, 0.25) is 11.8 Å². The molecule has 0 spiro atoms. The fraction of sp³-hybridized carbons (Fsp3) is 0.467. The topological polar surface area (TPSA) is 93.9 Å². The average molecular weight is 567 g/mol. The Hall–Kier alpha value is -3.64. The van der Waals surface area contributed by atoms with Crippen molar-refractivity contribution in [1.82, 2.24) is 14.7 Å². The molecule has 8 nitrogen and oxygen atoms in total. The number of benzene rings is 2. The minimum atomic E-state index is -0.855. The van der Waals surface area contributed by atoms with E-state index in [1.165, 1.54) is 18.2 Å². The standard InChI is InChI=1S/C30H32ClFN4O4/c1-2-36(29(39)40-26-6-4-3-5-24(26)32)25-18-35(17-23(25)20-7-9-22(31)10-8-20)27(37)21-11-15-34(16-12-21)28(38)30(19-33)13-14-30/h3-10,21,23,25H,2,11-18H2,1H3/t23-,25+/m0/s1. The largest absolute Gasteiger partial charge is 0.415 e. The Balaban J connectivity index is 1.31. The van der Waals surface area contributed by atoms with Crippen LogP contribution in [0.4, 0.5) is 9.18 Å². The number of nitrogens with zero attached hydrogens (tertiary/aromatic N) is 4. The number of rotatable bonds is 6. The lowest BCUT2D eigenvalue weighted by molar-refractivity contribution is -0.141. The number of para-hydroxylation sites is 1. The molecule has 3 fully saturated rings. The number of hydrogen-bond donors (Lipinski definition) is 0. The molecule has 3 aliphatic rings. The Bertz CT molecular complexity index is 1320. The van der Waals surface area contributed by atoms with Crippen LogP contribution in [0.25, 0.3) is 0 Å². The molecule has 2 heterocycles. The van der Waals surface area contributed by atoms with Crippen LogP contribution in [0.2, 0.25) is 5.02 Å². The molecule has 2 aliphatic heterocycles.